The number of nitrogens with one attached hydrogen (secondary N) is 1. The van der Waals surface area contributed by atoms with E-state index in [1.165, 1.54) is 6.07 Å². The first kappa shape index (κ1) is 14.4. The van der Waals surface area contributed by atoms with Crippen LogP contribution in [-0.2, 0) is 6.54 Å². The van der Waals surface area contributed by atoms with E-state index in [0.29, 0.717) is 23.1 Å². The quantitative estimate of drug-likeness (QED) is 0.890. The summed E-state index contributed by atoms with van der Waals surface area (Å²) in [7, 11) is 1.86. The van der Waals surface area contributed by atoms with Crippen molar-refractivity contribution in [2.24, 2.45) is 5.73 Å². The number of ether oxygens (including phenoxy) is 1. The van der Waals surface area contributed by atoms with Crippen LogP contribution < -0.4 is 15.8 Å². The summed E-state index contributed by atoms with van der Waals surface area (Å²) >= 11 is 5.87. The Morgan fingerprint density at radius 3 is 2.70 bits per heavy atom. The van der Waals surface area contributed by atoms with Crippen molar-refractivity contribution in [2.45, 2.75) is 6.54 Å². The Balaban J connectivity index is 2.37. The first-order valence-corrected chi connectivity index (χ1v) is 6.49. The van der Waals surface area contributed by atoms with E-state index in [0.717, 1.165) is 5.56 Å². The van der Waals surface area contributed by atoms with Crippen LogP contribution in [-0.4, -0.2) is 13.0 Å². The molecule has 2 rings (SSSR count). The van der Waals surface area contributed by atoms with Gasteiger partial charge in [-0.05, 0) is 31.3 Å². The second-order valence-corrected chi connectivity index (χ2v) is 4.68. The highest BCUT2D eigenvalue weighted by Gasteiger charge is 2.12. The van der Waals surface area contributed by atoms with Crippen LogP contribution in [0.25, 0.3) is 0 Å². The predicted octanol–water partition coefficient (Wildman–Crippen LogP) is 2.95. The molecule has 0 aromatic heterocycles. The highest BCUT2D eigenvalue weighted by molar-refractivity contribution is 6.31. The van der Waals surface area contributed by atoms with Crippen molar-refractivity contribution in [1.82, 2.24) is 5.32 Å². The molecule has 20 heavy (non-hydrogen) atoms. The zero-order chi connectivity index (χ0) is 14.5. The third-order valence-corrected chi connectivity index (χ3v) is 3.00. The fourth-order valence-electron chi connectivity index (χ4n) is 1.84. The van der Waals surface area contributed by atoms with Gasteiger partial charge in [-0.15, -0.1) is 0 Å². The molecule has 0 aliphatic heterocycles. The summed E-state index contributed by atoms with van der Waals surface area (Å²) in [6.07, 6.45) is 0. The van der Waals surface area contributed by atoms with Gasteiger partial charge < -0.3 is 15.8 Å². The van der Waals surface area contributed by atoms with Crippen LogP contribution in [0.1, 0.15) is 15.9 Å². The summed E-state index contributed by atoms with van der Waals surface area (Å²) in [6, 6.07) is 12.4. The van der Waals surface area contributed by atoms with Crippen molar-refractivity contribution in [2.75, 3.05) is 7.05 Å². The van der Waals surface area contributed by atoms with Crippen molar-refractivity contribution < 1.29 is 9.53 Å². The van der Waals surface area contributed by atoms with Crippen molar-refractivity contribution in [1.29, 1.82) is 0 Å². The second kappa shape index (κ2) is 6.41. The van der Waals surface area contributed by atoms with Gasteiger partial charge in [0, 0.05) is 17.1 Å². The molecule has 5 heteroatoms. The minimum Gasteiger partial charge on any atom is -0.456 e. The van der Waals surface area contributed by atoms with Crippen molar-refractivity contribution in [3.8, 4) is 11.5 Å². The molecule has 0 saturated carbocycles. The van der Waals surface area contributed by atoms with E-state index < -0.39 is 5.91 Å². The first-order chi connectivity index (χ1) is 9.61. The lowest BCUT2D eigenvalue weighted by atomic mass is 10.1. The van der Waals surface area contributed by atoms with E-state index in [9.17, 15) is 4.79 Å². The van der Waals surface area contributed by atoms with Crippen LogP contribution in [0.4, 0.5) is 0 Å². The van der Waals surface area contributed by atoms with Gasteiger partial charge in [-0.25, -0.2) is 0 Å². The number of benzene rings is 2. The molecule has 1 amide bonds. The molecular formula is C15H15ClN2O2. The monoisotopic (exact) mass is 290 g/mol. The van der Waals surface area contributed by atoms with Crippen molar-refractivity contribution in [3.63, 3.8) is 0 Å². The predicted molar refractivity (Wildman–Crippen MR) is 79.2 cm³/mol. The van der Waals surface area contributed by atoms with Crippen LogP contribution >= 0.6 is 11.6 Å². The van der Waals surface area contributed by atoms with Crippen molar-refractivity contribution >= 4 is 17.5 Å². The van der Waals surface area contributed by atoms with E-state index in [4.69, 9.17) is 22.1 Å². The Morgan fingerprint density at radius 2 is 2.00 bits per heavy atom. The molecule has 3 N–H and O–H groups in total. The normalized spacial score (nSPS) is 10.3. The van der Waals surface area contributed by atoms with Crippen LogP contribution in [0.2, 0.25) is 5.02 Å². The number of hydrogen-bond acceptors (Lipinski definition) is 3. The summed E-state index contributed by atoms with van der Waals surface area (Å²) in [5.41, 5.74) is 6.59. The number of amides is 1. The Hall–Kier alpha value is -2.04. The van der Waals surface area contributed by atoms with Crippen LogP contribution in [0.15, 0.2) is 42.5 Å². The summed E-state index contributed by atoms with van der Waals surface area (Å²) in [5, 5.41) is 3.50. The fourth-order valence-corrected chi connectivity index (χ4v) is 2.01. The zero-order valence-electron chi connectivity index (χ0n) is 11.0. The highest BCUT2D eigenvalue weighted by Crippen LogP contribution is 2.29. The molecule has 4 nitrogen and oxygen atoms in total. The van der Waals surface area contributed by atoms with Gasteiger partial charge in [0.15, 0.2) is 0 Å². The average molecular weight is 291 g/mol. The molecule has 0 unspecified atom stereocenters. The molecule has 2 aromatic carbocycles. The van der Waals surface area contributed by atoms with E-state index in [-0.39, 0.29) is 5.56 Å². The Labute approximate surface area is 122 Å². The number of rotatable bonds is 5. The van der Waals surface area contributed by atoms with Gasteiger partial charge in [0.25, 0.3) is 5.91 Å². The van der Waals surface area contributed by atoms with Crippen molar-refractivity contribution in [3.05, 3.63) is 58.6 Å². The van der Waals surface area contributed by atoms with Gasteiger partial charge in [0.05, 0.1) is 5.56 Å². The minimum atomic E-state index is -0.575. The number of primary amides is 1. The first-order valence-electron chi connectivity index (χ1n) is 6.11. The van der Waals surface area contributed by atoms with E-state index in [1.807, 2.05) is 31.3 Å². The molecule has 2 aromatic rings. The van der Waals surface area contributed by atoms with Gasteiger partial charge in [-0.3, -0.25) is 4.79 Å². The van der Waals surface area contributed by atoms with Crippen LogP contribution in [0, 0.1) is 0 Å². The summed E-state index contributed by atoms with van der Waals surface area (Å²) in [4.78, 5) is 11.4. The maximum Gasteiger partial charge on any atom is 0.252 e. The molecule has 0 radical (unpaired) electrons. The lowest BCUT2D eigenvalue weighted by Gasteiger charge is -2.13. The Kier molecular flexibility index (Phi) is 4.61. The van der Waals surface area contributed by atoms with Gasteiger partial charge in [0.1, 0.15) is 11.5 Å². The molecule has 0 aliphatic carbocycles. The number of carbonyl (C=O) groups excluding carboxylic acids is 1. The standard InChI is InChI=1S/C15H15ClN2O2/c1-18-9-10-4-2-3-5-13(10)20-14-7-6-11(16)8-12(14)15(17)19/h2-8,18H,9H2,1H3,(H2,17,19). The van der Waals surface area contributed by atoms with Gasteiger partial charge >= 0.3 is 0 Å². The zero-order valence-corrected chi connectivity index (χ0v) is 11.8. The molecule has 104 valence electrons. The molecule has 0 fully saturated rings. The molecule has 0 saturated heterocycles. The molecule has 0 bridgehead atoms. The Bertz CT molecular complexity index is 629. The van der Waals surface area contributed by atoms with E-state index in [1.54, 1.807) is 12.1 Å². The minimum absolute atomic E-state index is 0.261. The smallest absolute Gasteiger partial charge is 0.252 e. The SMILES string of the molecule is CNCc1ccccc1Oc1ccc(Cl)cc1C(N)=O. The second-order valence-electron chi connectivity index (χ2n) is 4.24. The molecule has 0 heterocycles. The lowest BCUT2D eigenvalue weighted by Crippen LogP contribution is -2.12. The van der Waals surface area contributed by atoms with Crippen LogP contribution in [0.5, 0.6) is 11.5 Å². The maximum atomic E-state index is 11.4. The number of para-hydroxylation sites is 1. The topological polar surface area (TPSA) is 64.3 Å². The van der Waals surface area contributed by atoms with Crippen LogP contribution in [0.3, 0.4) is 0 Å². The molecular weight excluding hydrogens is 276 g/mol. The van der Waals surface area contributed by atoms with Gasteiger partial charge in [-0.1, -0.05) is 29.8 Å². The number of halogens is 1. The maximum absolute atomic E-state index is 11.4. The molecule has 0 spiro atoms. The highest BCUT2D eigenvalue weighted by atomic mass is 35.5. The fraction of sp³-hybridized carbons (Fsp3) is 0.133. The summed E-state index contributed by atoms with van der Waals surface area (Å²) in [5.74, 6) is 0.491. The van der Waals surface area contributed by atoms with E-state index in [2.05, 4.69) is 5.32 Å². The van der Waals surface area contributed by atoms with E-state index >= 15 is 0 Å². The summed E-state index contributed by atoms with van der Waals surface area (Å²) in [6.45, 7) is 0.662. The van der Waals surface area contributed by atoms with Gasteiger partial charge in [0.2, 0.25) is 0 Å². The number of nitrogens with two attached hydrogens (primary N) is 1. The third kappa shape index (κ3) is 3.29. The molecule has 0 aliphatic rings. The number of hydrogen-bond donors (Lipinski definition) is 2. The number of carbonyl (C=O) groups is 1. The largest absolute Gasteiger partial charge is 0.456 e. The summed E-state index contributed by atoms with van der Waals surface area (Å²) < 4.78 is 5.81. The third-order valence-electron chi connectivity index (χ3n) is 2.77. The van der Waals surface area contributed by atoms with Gasteiger partial charge in [-0.2, -0.15) is 0 Å². The molecule has 0 atom stereocenters. The average Bonchev–Trinajstić information content (AvgIpc) is 2.43. The Morgan fingerprint density at radius 1 is 1.25 bits per heavy atom. The lowest BCUT2D eigenvalue weighted by molar-refractivity contribution is 0.0998.